The molecular weight excluding hydrogens is 270 g/mol. The number of benzene rings is 1. The van der Waals surface area contributed by atoms with E-state index in [0.29, 0.717) is 17.1 Å². The molecule has 1 atom stereocenters. The van der Waals surface area contributed by atoms with Crippen LogP contribution in [0.15, 0.2) is 40.8 Å². The predicted molar refractivity (Wildman–Crippen MR) is 74.6 cm³/mol. The van der Waals surface area contributed by atoms with Crippen LogP contribution in [0.2, 0.25) is 0 Å². The van der Waals surface area contributed by atoms with E-state index >= 15 is 0 Å². The van der Waals surface area contributed by atoms with Crippen LogP contribution >= 0.6 is 0 Å². The SMILES string of the molecule is Cc1cc(C(=O)N[C@H](Cc2ccccc2)C(=O)[O-])c(C)o1. The van der Waals surface area contributed by atoms with E-state index in [1.54, 1.807) is 32.0 Å². The average molecular weight is 286 g/mol. The van der Waals surface area contributed by atoms with E-state index in [1.165, 1.54) is 0 Å². The first kappa shape index (κ1) is 14.8. The molecule has 1 heterocycles. The molecule has 0 saturated heterocycles. The summed E-state index contributed by atoms with van der Waals surface area (Å²) in [5.41, 5.74) is 1.15. The Morgan fingerprint density at radius 2 is 1.90 bits per heavy atom. The Kier molecular flexibility index (Phi) is 4.42. The Labute approximate surface area is 122 Å². The highest BCUT2D eigenvalue weighted by molar-refractivity contribution is 5.97. The molecule has 110 valence electrons. The Hall–Kier alpha value is -2.56. The Morgan fingerprint density at radius 1 is 1.24 bits per heavy atom. The third kappa shape index (κ3) is 3.72. The molecule has 1 aromatic heterocycles. The molecule has 1 amide bonds. The van der Waals surface area contributed by atoms with Crippen molar-refractivity contribution < 1.29 is 19.1 Å². The minimum Gasteiger partial charge on any atom is -0.548 e. The molecule has 1 N–H and O–H groups in total. The minimum atomic E-state index is -1.31. The molecule has 21 heavy (non-hydrogen) atoms. The van der Waals surface area contributed by atoms with Crippen LogP contribution < -0.4 is 10.4 Å². The van der Waals surface area contributed by atoms with Crippen molar-refractivity contribution in [1.29, 1.82) is 0 Å². The highest BCUT2D eigenvalue weighted by atomic mass is 16.4. The fourth-order valence-electron chi connectivity index (χ4n) is 2.14. The molecule has 0 unspecified atom stereocenters. The smallest absolute Gasteiger partial charge is 0.255 e. The lowest BCUT2D eigenvalue weighted by atomic mass is 10.1. The largest absolute Gasteiger partial charge is 0.548 e. The monoisotopic (exact) mass is 286 g/mol. The number of amides is 1. The first-order valence-electron chi connectivity index (χ1n) is 6.60. The van der Waals surface area contributed by atoms with Gasteiger partial charge in [0, 0.05) is 0 Å². The van der Waals surface area contributed by atoms with Gasteiger partial charge in [0.1, 0.15) is 11.5 Å². The number of carbonyl (C=O) groups is 2. The van der Waals surface area contributed by atoms with Crippen LogP contribution in [0.3, 0.4) is 0 Å². The van der Waals surface area contributed by atoms with Gasteiger partial charge < -0.3 is 19.6 Å². The molecule has 1 aromatic carbocycles. The zero-order valence-electron chi connectivity index (χ0n) is 11.9. The highest BCUT2D eigenvalue weighted by Crippen LogP contribution is 2.14. The van der Waals surface area contributed by atoms with Crippen LogP contribution in [0, 0.1) is 13.8 Å². The first-order valence-corrected chi connectivity index (χ1v) is 6.60. The van der Waals surface area contributed by atoms with Crippen LogP contribution in [-0.2, 0) is 11.2 Å². The van der Waals surface area contributed by atoms with E-state index in [1.807, 2.05) is 18.2 Å². The third-order valence-electron chi connectivity index (χ3n) is 3.16. The van der Waals surface area contributed by atoms with Crippen molar-refractivity contribution in [3.63, 3.8) is 0 Å². The molecular formula is C16H16NO4-. The van der Waals surface area contributed by atoms with E-state index in [2.05, 4.69) is 5.32 Å². The van der Waals surface area contributed by atoms with Crippen LogP contribution in [0.5, 0.6) is 0 Å². The quantitative estimate of drug-likeness (QED) is 0.888. The second kappa shape index (κ2) is 6.26. The summed E-state index contributed by atoms with van der Waals surface area (Å²) in [6, 6.07) is 9.56. The van der Waals surface area contributed by atoms with Crippen LogP contribution in [0.25, 0.3) is 0 Å². The lowest BCUT2D eigenvalue weighted by molar-refractivity contribution is -0.308. The summed E-state index contributed by atoms with van der Waals surface area (Å²) in [7, 11) is 0. The van der Waals surface area contributed by atoms with Gasteiger partial charge in [0.2, 0.25) is 0 Å². The topological polar surface area (TPSA) is 82.4 Å². The van der Waals surface area contributed by atoms with Crippen molar-refractivity contribution in [3.05, 3.63) is 59.0 Å². The zero-order chi connectivity index (χ0) is 15.4. The van der Waals surface area contributed by atoms with Crippen molar-refractivity contribution >= 4 is 11.9 Å². The number of aryl methyl sites for hydroxylation is 2. The summed E-state index contributed by atoms with van der Waals surface area (Å²) < 4.78 is 5.27. The van der Waals surface area contributed by atoms with Gasteiger partial charge in [-0.2, -0.15) is 0 Å². The van der Waals surface area contributed by atoms with Crippen LogP contribution in [-0.4, -0.2) is 17.9 Å². The van der Waals surface area contributed by atoms with Crippen molar-refractivity contribution in [1.82, 2.24) is 5.32 Å². The van der Waals surface area contributed by atoms with E-state index in [0.717, 1.165) is 5.56 Å². The lowest BCUT2D eigenvalue weighted by Gasteiger charge is -2.19. The molecule has 5 heteroatoms. The number of aliphatic carboxylic acids is 1. The molecule has 0 saturated carbocycles. The number of carbonyl (C=O) groups excluding carboxylic acids is 2. The van der Waals surface area contributed by atoms with Gasteiger partial charge >= 0.3 is 0 Å². The highest BCUT2D eigenvalue weighted by Gasteiger charge is 2.19. The lowest BCUT2D eigenvalue weighted by Crippen LogP contribution is -2.49. The summed E-state index contributed by atoms with van der Waals surface area (Å²) >= 11 is 0. The van der Waals surface area contributed by atoms with Gasteiger partial charge in [-0.25, -0.2) is 0 Å². The number of furan rings is 1. The van der Waals surface area contributed by atoms with Crippen LogP contribution in [0.1, 0.15) is 27.4 Å². The molecule has 0 bridgehead atoms. The predicted octanol–water partition coefficient (Wildman–Crippen LogP) is 0.987. The van der Waals surface area contributed by atoms with Crippen molar-refractivity contribution in [2.45, 2.75) is 26.3 Å². The summed E-state index contributed by atoms with van der Waals surface area (Å²) in [6.07, 6.45) is 0.171. The molecule has 0 fully saturated rings. The maximum absolute atomic E-state index is 12.1. The number of nitrogens with one attached hydrogen (secondary N) is 1. The fourth-order valence-corrected chi connectivity index (χ4v) is 2.14. The van der Waals surface area contributed by atoms with Crippen molar-refractivity contribution in [2.75, 3.05) is 0 Å². The standard InChI is InChI=1S/C16H17NO4/c1-10-8-13(11(2)21-10)15(18)17-14(16(19)20)9-12-6-4-3-5-7-12/h3-8,14H,9H2,1-2H3,(H,17,18)(H,19,20)/p-1/t14-/m1/s1. The zero-order valence-corrected chi connectivity index (χ0v) is 11.9. The fraction of sp³-hybridized carbons (Fsp3) is 0.250. The summed E-state index contributed by atoms with van der Waals surface area (Å²) in [5, 5.41) is 13.7. The second-order valence-corrected chi connectivity index (χ2v) is 4.86. The van der Waals surface area contributed by atoms with E-state index < -0.39 is 17.9 Å². The number of hydrogen-bond acceptors (Lipinski definition) is 4. The molecule has 2 aromatic rings. The number of rotatable bonds is 5. The van der Waals surface area contributed by atoms with Gasteiger partial charge in [0.15, 0.2) is 0 Å². The molecule has 0 spiro atoms. The second-order valence-electron chi connectivity index (χ2n) is 4.86. The normalized spacial score (nSPS) is 11.9. The Bertz CT molecular complexity index is 646. The molecule has 0 radical (unpaired) electrons. The van der Waals surface area contributed by atoms with Gasteiger partial charge in [0.05, 0.1) is 17.6 Å². The molecule has 0 aliphatic heterocycles. The van der Waals surface area contributed by atoms with Gasteiger partial charge in [-0.1, -0.05) is 30.3 Å². The van der Waals surface area contributed by atoms with Crippen LogP contribution in [0.4, 0.5) is 0 Å². The summed E-state index contributed by atoms with van der Waals surface area (Å²) in [4.78, 5) is 23.3. The minimum absolute atomic E-state index is 0.171. The van der Waals surface area contributed by atoms with Gasteiger partial charge in [-0.15, -0.1) is 0 Å². The van der Waals surface area contributed by atoms with E-state index in [9.17, 15) is 14.7 Å². The summed E-state index contributed by atoms with van der Waals surface area (Å²) in [6.45, 7) is 3.39. The summed E-state index contributed by atoms with van der Waals surface area (Å²) in [5.74, 6) is -0.730. The average Bonchev–Trinajstić information content (AvgIpc) is 2.78. The van der Waals surface area contributed by atoms with Gasteiger partial charge in [0.25, 0.3) is 5.91 Å². The first-order chi connectivity index (χ1) is 9.97. The number of hydrogen-bond donors (Lipinski definition) is 1. The Morgan fingerprint density at radius 3 is 2.43 bits per heavy atom. The molecule has 5 nitrogen and oxygen atoms in total. The maximum atomic E-state index is 12.1. The van der Waals surface area contributed by atoms with E-state index in [4.69, 9.17) is 4.42 Å². The number of carboxylic acid groups (broad SMARTS) is 1. The Balaban J connectivity index is 2.11. The van der Waals surface area contributed by atoms with Crippen molar-refractivity contribution in [2.24, 2.45) is 0 Å². The van der Waals surface area contributed by atoms with Gasteiger partial charge in [-0.3, -0.25) is 4.79 Å². The molecule has 0 aliphatic rings. The maximum Gasteiger partial charge on any atom is 0.255 e. The number of carboxylic acids is 1. The third-order valence-corrected chi connectivity index (χ3v) is 3.16. The van der Waals surface area contributed by atoms with Gasteiger partial charge in [-0.05, 0) is 31.9 Å². The molecule has 0 aliphatic carbocycles. The van der Waals surface area contributed by atoms with E-state index in [-0.39, 0.29) is 6.42 Å². The molecule has 2 rings (SSSR count). The van der Waals surface area contributed by atoms with Crippen molar-refractivity contribution in [3.8, 4) is 0 Å².